The van der Waals surface area contributed by atoms with E-state index in [0.717, 1.165) is 61.5 Å². The van der Waals surface area contributed by atoms with Gasteiger partial charge in [0.25, 0.3) is 10.0 Å². The van der Waals surface area contributed by atoms with Crippen molar-refractivity contribution in [3.8, 4) is 11.8 Å². The van der Waals surface area contributed by atoms with E-state index in [4.69, 9.17) is 10.00 Å². The molecule has 3 aromatic carbocycles. The third kappa shape index (κ3) is 4.82. The number of piperazine rings is 1. The molecular formula is C29H31FN4O3S. The highest BCUT2D eigenvalue weighted by Gasteiger charge is 2.34. The van der Waals surface area contributed by atoms with Crippen molar-refractivity contribution < 1.29 is 17.5 Å². The van der Waals surface area contributed by atoms with Crippen LogP contribution in [0, 0.1) is 17.1 Å². The van der Waals surface area contributed by atoms with Gasteiger partial charge in [0.1, 0.15) is 11.6 Å². The SMILES string of the molecule is COc1cc(F)ccc1N1CCN(C(C)c2cccc3c2N(S(=O)(=O)c2ccc(C#N)cc2)CCC3)CC1. The molecule has 0 spiro atoms. The summed E-state index contributed by atoms with van der Waals surface area (Å²) < 4.78 is 48.2. The summed E-state index contributed by atoms with van der Waals surface area (Å²) in [6, 6.07) is 18.8. The first kappa shape index (κ1) is 26.0. The molecule has 3 aromatic rings. The quantitative estimate of drug-likeness (QED) is 0.455. The summed E-state index contributed by atoms with van der Waals surface area (Å²) in [5.74, 6) is 0.194. The Morgan fingerprint density at radius 2 is 1.74 bits per heavy atom. The van der Waals surface area contributed by atoms with Crippen molar-refractivity contribution in [3.63, 3.8) is 0 Å². The van der Waals surface area contributed by atoms with E-state index < -0.39 is 10.0 Å². The third-order valence-corrected chi connectivity index (χ3v) is 9.39. The van der Waals surface area contributed by atoms with Crippen molar-refractivity contribution in [2.24, 2.45) is 0 Å². The fourth-order valence-electron chi connectivity index (χ4n) is 5.51. The summed E-state index contributed by atoms with van der Waals surface area (Å²) >= 11 is 0. The minimum atomic E-state index is -3.79. The van der Waals surface area contributed by atoms with Crippen LogP contribution in [-0.4, -0.2) is 53.2 Å². The molecule has 5 rings (SSSR count). The number of para-hydroxylation sites is 1. The summed E-state index contributed by atoms with van der Waals surface area (Å²) in [6.45, 7) is 5.58. The molecule has 1 fully saturated rings. The fourth-order valence-corrected chi connectivity index (χ4v) is 7.07. The molecule has 0 amide bonds. The van der Waals surface area contributed by atoms with Gasteiger partial charge in [-0.05, 0) is 67.3 Å². The zero-order valence-corrected chi connectivity index (χ0v) is 22.4. The maximum absolute atomic E-state index is 13.8. The van der Waals surface area contributed by atoms with E-state index >= 15 is 0 Å². The van der Waals surface area contributed by atoms with Gasteiger partial charge in [0.2, 0.25) is 0 Å². The van der Waals surface area contributed by atoms with Crippen LogP contribution in [-0.2, 0) is 16.4 Å². The number of rotatable bonds is 6. The Balaban J connectivity index is 1.40. The van der Waals surface area contributed by atoms with Gasteiger partial charge in [0.15, 0.2) is 0 Å². The fraction of sp³-hybridized carbons (Fsp3) is 0.345. The molecule has 9 heteroatoms. The highest BCUT2D eigenvalue weighted by Crippen LogP contribution is 2.40. The van der Waals surface area contributed by atoms with Gasteiger partial charge in [-0.1, -0.05) is 18.2 Å². The summed E-state index contributed by atoms with van der Waals surface area (Å²) in [7, 11) is -2.24. The number of hydrogen-bond donors (Lipinski definition) is 0. The lowest BCUT2D eigenvalue weighted by atomic mass is 9.95. The van der Waals surface area contributed by atoms with E-state index in [0.29, 0.717) is 17.9 Å². The molecule has 7 nitrogen and oxygen atoms in total. The van der Waals surface area contributed by atoms with E-state index in [2.05, 4.69) is 16.7 Å². The van der Waals surface area contributed by atoms with Crippen LogP contribution in [0.2, 0.25) is 0 Å². The van der Waals surface area contributed by atoms with Crippen molar-refractivity contribution in [2.45, 2.75) is 30.7 Å². The van der Waals surface area contributed by atoms with Crippen LogP contribution < -0.4 is 13.9 Å². The molecule has 0 bridgehead atoms. The topological polar surface area (TPSA) is 76.9 Å². The van der Waals surface area contributed by atoms with E-state index in [-0.39, 0.29) is 16.8 Å². The van der Waals surface area contributed by atoms with Gasteiger partial charge in [0.05, 0.1) is 35.0 Å². The molecule has 0 radical (unpaired) electrons. The number of methoxy groups -OCH3 is 1. The lowest BCUT2D eigenvalue weighted by Gasteiger charge is -2.41. The standard InChI is InChI=1S/C29H31FN4O3S/c1-21(32-15-17-33(18-16-32)27-13-10-24(30)19-28(27)37-2)26-7-3-5-23-6-4-14-34(29(23)26)38(35,36)25-11-8-22(20-31)9-12-25/h3,5,7-13,19,21H,4,6,14-18H2,1-2H3. The van der Waals surface area contributed by atoms with Crippen LogP contribution >= 0.6 is 0 Å². The Bertz CT molecular complexity index is 1460. The largest absolute Gasteiger partial charge is 0.494 e. The maximum atomic E-state index is 13.8. The van der Waals surface area contributed by atoms with Crippen LogP contribution in [0.15, 0.2) is 65.6 Å². The van der Waals surface area contributed by atoms with E-state index in [1.54, 1.807) is 29.6 Å². The summed E-state index contributed by atoms with van der Waals surface area (Å²) in [4.78, 5) is 4.75. The molecule has 1 saturated heterocycles. The van der Waals surface area contributed by atoms with E-state index in [1.165, 1.54) is 24.3 Å². The van der Waals surface area contributed by atoms with Crippen LogP contribution in [0.5, 0.6) is 5.75 Å². The number of nitrogens with zero attached hydrogens (tertiary/aromatic N) is 4. The number of fused-ring (bicyclic) bond motifs is 1. The number of anilines is 2. The Morgan fingerprint density at radius 1 is 1.00 bits per heavy atom. The molecule has 198 valence electrons. The van der Waals surface area contributed by atoms with Crippen molar-refractivity contribution in [1.82, 2.24) is 4.90 Å². The molecule has 0 saturated carbocycles. The van der Waals surface area contributed by atoms with E-state index in [9.17, 15) is 12.8 Å². The summed E-state index contributed by atoms with van der Waals surface area (Å²) in [6.07, 6.45) is 1.58. The van der Waals surface area contributed by atoms with Crippen LogP contribution in [0.3, 0.4) is 0 Å². The van der Waals surface area contributed by atoms with Crippen LogP contribution in [0.25, 0.3) is 0 Å². The molecule has 2 aliphatic heterocycles. The molecule has 2 heterocycles. The zero-order chi connectivity index (χ0) is 26.9. The van der Waals surface area contributed by atoms with Gasteiger partial charge >= 0.3 is 0 Å². The predicted molar refractivity (Wildman–Crippen MR) is 146 cm³/mol. The highest BCUT2D eigenvalue weighted by atomic mass is 32.2. The number of nitriles is 1. The molecule has 1 unspecified atom stereocenters. The Hall–Kier alpha value is -3.61. The first-order valence-electron chi connectivity index (χ1n) is 12.8. The van der Waals surface area contributed by atoms with Gasteiger partial charge in [-0.2, -0.15) is 5.26 Å². The third-order valence-electron chi connectivity index (χ3n) is 7.57. The minimum absolute atomic E-state index is 0.000946. The molecular weight excluding hydrogens is 503 g/mol. The second-order valence-electron chi connectivity index (χ2n) is 9.69. The van der Waals surface area contributed by atoms with Gasteiger partial charge in [-0.3, -0.25) is 9.21 Å². The molecule has 0 N–H and O–H groups in total. The first-order chi connectivity index (χ1) is 18.3. The molecule has 1 atom stereocenters. The van der Waals surface area contributed by atoms with Crippen LogP contribution in [0.4, 0.5) is 15.8 Å². The first-order valence-corrected chi connectivity index (χ1v) is 14.2. The van der Waals surface area contributed by atoms with Gasteiger partial charge in [-0.15, -0.1) is 0 Å². The summed E-state index contributed by atoms with van der Waals surface area (Å²) in [5.41, 5.74) is 4.10. The minimum Gasteiger partial charge on any atom is -0.494 e. The molecule has 0 aliphatic carbocycles. The zero-order valence-electron chi connectivity index (χ0n) is 21.6. The lowest BCUT2D eigenvalue weighted by molar-refractivity contribution is 0.198. The normalized spacial score (nSPS) is 17.0. The number of ether oxygens (including phenoxy) is 1. The summed E-state index contributed by atoms with van der Waals surface area (Å²) in [5, 5.41) is 9.11. The highest BCUT2D eigenvalue weighted by molar-refractivity contribution is 7.92. The average molecular weight is 535 g/mol. The number of aryl methyl sites for hydroxylation is 1. The maximum Gasteiger partial charge on any atom is 0.264 e. The van der Waals surface area contributed by atoms with E-state index in [1.807, 2.05) is 24.3 Å². The van der Waals surface area contributed by atoms with Gasteiger partial charge < -0.3 is 9.64 Å². The number of halogens is 1. The lowest BCUT2D eigenvalue weighted by Crippen LogP contribution is -2.47. The second kappa shape index (κ2) is 10.6. The Kier molecular flexibility index (Phi) is 7.28. The number of sulfonamides is 1. The van der Waals surface area contributed by atoms with Gasteiger partial charge in [0, 0.05) is 44.8 Å². The van der Waals surface area contributed by atoms with Crippen molar-refractivity contribution >= 4 is 21.4 Å². The van der Waals surface area contributed by atoms with Crippen molar-refractivity contribution in [2.75, 3.05) is 49.0 Å². The molecule has 0 aromatic heterocycles. The van der Waals surface area contributed by atoms with Crippen LogP contribution in [0.1, 0.15) is 36.1 Å². The second-order valence-corrected chi connectivity index (χ2v) is 11.5. The molecule has 38 heavy (non-hydrogen) atoms. The smallest absolute Gasteiger partial charge is 0.264 e. The average Bonchev–Trinajstić information content (AvgIpc) is 2.96. The Morgan fingerprint density at radius 3 is 2.42 bits per heavy atom. The number of hydrogen-bond acceptors (Lipinski definition) is 6. The van der Waals surface area contributed by atoms with Crippen molar-refractivity contribution in [1.29, 1.82) is 5.26 Å². The predicted octanol–water partition coefficient (Wildman–Crippen LogP) is 4.73. The van der Waals surface area contributed by atoms with Crippen molar-refractivity contribution in [3.05, 3.63) is 83.2 Å². The molecule has 2 aliphatic rings. The number of benzene rings is 3. The Labute approximate surface area is 223 Å². The van der Waals surface area contributed by atoms with Gasteiger partial charge in [-0.25, -0.2) is 12.8 Å². The monoisotopic (exact) mass is 534 g/mol.